The van der Waals surface area contributed by atoms with Crippen molar-refractivity contribution >= 4 is 5.78 Å². The Morgan fingerprint density at radius 2 is 1.79 bits per heavy atom. The number of aliphatic hydroxyl groups is 1. The average molecular weight is 386 g/mol. The van der Waals surface area contributed by atoms with Gasteiger partial charge in [-0.15, -0.1) is 0 Å². The number of nitriles is 1. The van der Waals surface area contributed by atoms with Crippen LogP contribution in [0.4, 0.5) is 0 Å². The highest BCUT2D eigenvalue weighted by molar-refractivity contribution is 5.86. The van der Waals surface area contributed by atoms with Gasteiger partial charge in [-0.1, -0.05) is 27.7 Å². The summed E-state index contributed by atoms with van der Waals surface area (Å²) >= 11 is 0. The van der Waals surface area contributed by atoms with Crippen LogP contribution in [0.3, 0.4) is 0 Å². The Kier molecular flexibility index (Phi) is 5.18. The molecule has 4 aliphatic carbocycles. The minimum atomic E-state index is -0.215. The van der Waals surface area contributed by atoms with E-state index in [1.165, 1.54) is 25.7 Å². The van der Waals surface area contributed by atoms with Gasteiger partial charge in [0.1, 0.15) is 5.78 Å². The molecule has 28 heavy (non-hydrogen) atoms. The van der Waals surface area contributed by atoms with E-state index in [1.807, 2.05) is 0 Å². The third-order valence-electron chi connectivity index (χ3n) is 10.3. The molecular formula is C25H39NO2. The largest absolute Gasteiger partial charge is 0.393 e. The highest BCUT2D eigenvalue weighted by Gasteiger charge is 2.64. The van der Waals surface area contributed by atoms with Crippen LogP contribution in [0, 0.1) is 63.6 Å². The molecule has 0 aromatic rings. The molecule has 4 saturated carbocycles. The molecule has 4 aliphatic rings. The van der Waals surface area contributed by atoms with Gasteiger partial charge in [-0.3, -0.25) is 4.79 Å². The number of Topliss-reactive ketones (excluding diaryl/α,β-unsaturated/α-hetero) is 1. The molecule has 1 N–H and O–H groups in total. The summed E-state index contributed by atoms with van der Waals surface area (Å²) in [6, 6.07) is 2.40. The zero-order chi connectivity index (χ0) is 20.3. The Labute approximate surface area is 171 Å². The molecule has 0 aromatic heterocycles. The predicted octanol–water partition coefficient (Wildman–Crippen LogP) is 5.37. The van der Waals surface area contributed by atoms with Gasteiger partial charge in [-0.05, 0) is 91.8 Å². The van der Waals surface area contributed by atoms with Gasteiger partial charge in [0.15, 0.2) is 0 Å². The summed E-state index contributed by atoms with van der Waals surface area (Å²) in [5.74, 6) is 3.29. The summed E-state index contributed by atoms with van der Waals surface area (Å²) in [6.45, 7) is 9.35. The lowest BCUT2D eigenvalue weighted by Crippen LogP contribution is -2.60. The van der Waals surface area contributed by atoms with Crippen LogP contribution in [-0.2, 0) is 4.79 Å². The Bertz CT molecular complexity index is 668. The number of carbonyl (C=O) groups excluding carboxylic acids is 1. The zero-order valence-electron chi connectivity index (χ0n) is 18.3. The lowest BCUT2D eigenvalue weighted by molar-refractivity contribution is -0.173. The number of hydrogen-bond acceptors (Lipinski definition) is 3. The van der Waals surface area contributed by atoms with Crippen molar-refractivity contribution in [2.45, 2.75) is 91.6 Å². The van der Waals surface area contributed by atoms with E-state index in [1.54, 1.807) is 0 Å². The molecule has 0 bridgehead atoms. The molecule has 4 fully saturated rings. The maximum Gasteiger partial charge on any atom is 0.139 e. The lowest BCUT2D eigenvalue weighted by atomic mass is 9.42. The first kappa shape index (κ1) is 20.4. The van der Waals surface area contributed by atoms with Crippen molar-refractivity contribution in [1.82, 2.24) is 0 Å². The molecule has 10 atom stereocenters. The molecule has 4 rings (SSSR count). The first-order chi connectivity index (χ1) is 13.3. The molecule has 0 aliphatic heterocycles. The van der Waals surface area contributed by atoms with E-state index in [9.17, 15) is 15.2 Å². The number of carbonyl (C=O) groups is 1. The van der Waals surface area contributed by atoms with Crippen molar-refractivity contribution in [1.29, 1.82) is 5.26 Å². The standard InChI is InChI=1S/C25H39NO2/c1-5-17-21-14-16(27)8-11-25(21,4)20-9-12-24(3)18(15(2)10-13-26)6-7-19(24)22(20)23(17)28/h15-22,27H,5-12,14H2,1-4H3. The van der Waals surface area contributed by atoms with Crippen LogP contribution in [0.5, 0.6) is 0 Å². The summed E-state index contributed by atoms with van der Waals surface area (Å²) in [7, 11) is 0. The Morgan fingerprint density at radius 3 is 2.46 bits per heavy atom. The summed E-state index contributed by atoms with van der Waals surface area (Å²) in [5, 5.41) is 19.6. The number of nitrogens with zero attached hydrogens (tertiary/aromatic N) is 1. The van der Waals surface area contributed by atoms with Crippen LogP contribution >= 0.6 is 0 Å². The maximum absolute atomic E-state index is 13.8. The predicted molar refractivity (Wildman–Crippen MR) is 110 cm³/mol. The molecule has 0 saturated heterocycles. The molecule has 3 nitrogen and oxygen atoms in total. The quantitative estimate of drug-likeness (QED) is 0.710. The number of aliphatic hydroxyl groups excluding tert-OH is 1. The summed E-state index contributed by atoms with van der Waals surface area (Å²) < 4.78 is 0. The fraction of sp³-hybridized carbons (Fsp3) is 0.920. The molecule has 0 aromatic carbocycles. The van der Waals surface area contributed by atoms with E-state index in [0.717, 1.165) is 25.7 Å². The third-order valence-corrected chi connectivity index (χ3v) is 10.3. The van der Waals surface area contributed by atoms with Crippen molar-refractivity contribution in [2.24, 2.45) is 52.3 Å². The van der Waals surface area contributed by atoms with Crippen LogP contribution in [0.1, 0.15) is 85.5 Å². The van der Waals surface area contributed by atoms with Gasteiger partial charge in [0.05, 0.1) is 12.2 Å². The molecule has 156 valence electrons. The molecule has 0 heterocycles. The van der Waals surface area contributed by atoms with Crippen LogP contribution in [0.2, 0.25) is 0 Å². The minimum absolute atomic E-state index is 0.138. The van der Waals surface area contributed by atoms with Gasteiger partial charge in [0.25, 0.3) is 0 Å². The van der Waals surface area contributed by atoms with Crippen molar-refractivity contribution in [3.8, 4) is 6.07 Å². The maximum atomic E-state index is 13.8. The second kappa shape index (κ2) is 7.12. The minimum Gasteiger partial charge on any atom is -0.393 e. The summed E-state index contributed by atoms with van der Waals surface area (Å²) in [4.78, 5) is 13.8. The fourth-order valence-corrected chi connectivity index (χ4v) is 8.90. The van der Waals surface area contributed by atoms with Crippen molar-refractivity contribution in [2.75, 3.05) is 0 Å². The van der Waals surface area contributed by atoms with Gasteiger partial charge in [-0.2, -0.15) is 5.26 Å². The van der Waals surface area contributed by atoms with E-state index in [2.05, 4.69) is 33.8 Å². The first-order valence-corrected chi connectivity index (χ1v) is 11.9. The molecule has 10 unspecified atom stereocenters. The normalized spacial score (nSPS) is 51.6. The van der Waals surface area contributed by atoms with Gasteiger partial charge in [-0.25, -0.2) is 0 Å². The van der Waals surface area contributed by atoms with Crippen molar-refractivity contribution < 1.29 is 9.90 Å². The summed E-state index contributed by atoms with van der Waals surface area (Å²) in [5.41, 5.74) is 0.443. The average Bonchev–Trinajstić information content (AvgIpc) is 3.01. The Morgan fingerprint density at radius 1 is 1.11 bits per heavy atom. The van der Waals surface area contributed by atoms with E-state index in [0.29, 0.717) is 41.8 Å². The van der Waals surface area contributed by atoms with E-state index in [-0.39, 0.29) is 28.8 Å². The monoisotopic (exact) mass is 385 g/mol. The van der Waals surface area contributed by atoms with E-state index >= 15 is 0 Å². The van der Waals surface area contributed by atoms with Gasteiger partial charge >= 0.3 is 0 Å². The van der Waals surface area contributed by atoms with Crippen molar-refractivity contribution in [3.05, 3.63) is 0 Å². The number of fused-ring (bicyclic) bond motifs is 5. The smallest absolute Gasteiger partial charge is 0.139 e. The second-order valence-corrected chi connectivity index (χ2v) is 11.3. The van der Waals surface area contributed by atoms with Gasteiger partial charge in [0.2, 0.25) is 0 Å². The molecule has 0 amide bonds. The number of rotatable bonds is 3. The van der Waals surface area contributed by atoms with Crippen LogP contribution < -0.4 is 0 Å². The van der Waals surface area contributed by atoms with Crippen molar-refractivity contribution in [3.63, 3.8) is 0 Å². The lowest BCUT2D eigenvalue weighted by Gasteiger charge is -2.62. The van der Waals surface area contributed by atoms with E-state index in [4.69, 9.17) is 0 Å². The van der Waals surface area contributed by atoms with E-state index < -0.39 is 0 Å². The highest BCUT2D eigenvalue weighted by atomic mass is 16.3. The molecular weight excluding hydrogens is 346 g/mol. The number of ketones is 1. The fourth-order valence-electron chi connectivity index (χ4n) is 8.90. The number of hydrogen-bond donors (Lipinski definition) is 1. The Balaban J connectivity index is 1.69. The van der Waals surface area contributed by atoms with Gasteiger partial charge < -0.3 is 5.11 Å². The topological polar surface area (TPSA) is 61.1 Å². The molecule has 0 radical (unpaired) electrons. The summed E-state index contributed by atoms with van der Waals surface area (Å²) in [6.07, 6.45) is 8.91. The zero-order valence-corrected chi connectivity index (χ0v) is 18.3. The molecule has 3 heteroatoms. The third kappa shape index (κ3) is 2.73. The first-order valence-electron chi connectivity index (χ1n) is 11.9. The Hall–Kier alpha value is -0.880. The van der Waals surface area contributed by atoms with Gasteiger partial charge in [0, 0.05) is 18.3 Å². The molecule has 0 spiro atoms. The van der Waals surface area contributed by atoms with Crippen LogP contribution in [-0.4, -0.2) is 17.0 Å². The van der Waals surface area contributed by atoms with Crippen LogP contribution in [0.25, 0.3) is 0 Å². The van der Waals surface area contributed by atoms with Crippen LogP contribution in [0.15, 0.2) is 0 Å². The SMILES string of the molecule is CCC1C(=O)C2C3CCC(C(C)CC#N)C3(C)CCC2C2(C)CCC(O)CC12. The highest BCUT2D eigenvalue weighted by Crippen LogP contribution is 2.68. The second-order valence-electron chi connectivity index (χ2n) is 11.3.